The van der Waals surface area contributed by atoms with Gasteiger partial charge in [0.1, 0.15) is 11.9 Å². The summed E-state index contributed by atoms with van der Waals surface area (Å²) >= 11 is 0. The number of carbonyl (C=O) groups excluding carboxylic acids is 4. The molecular formula is C22H20FN3O7. The molecule has 0 unspecified atom stereocenters. The van der Waals surface area contributed by atoms with Crippen LogP contribution in [0.4, 0.5) is 15.8 Å². The molecule has 0 saturated heterocycles. The highest BCUT2D eigenvalue weighted by molar-refractivity contribution is 6.22. The van der Waals surface area contributed by atoms with Crippen LogP contribution in [0.15, 0.2) is 42.5 Å². The summed E-state index contributed by atoms with van der Waals surface area (Å²) < 4.78 is 18.9. The molecular weight excluding hydrogens is 437 g/mol. The standard InChI is InChI=1S/C22H20FN3O7/c1-12(2)9-18(25-20(28)14-5-3-4-6-15(14)21(25)29)22(30)33-11-19(27)24-17-10-13(26(31)32)7-8-16(17)23/h3-8,10,12,18H,9,11H2,1-2H3,(H,24,27)/t18-/m1/s1. The van der Waals surface area contributed by atoms with Crippen molar-refractivity contribution < 1.29 is 33.2 Å². The van der Waals surface area contributed by atoms with Crippen LogP contribution < -0.4 is 5.32 Å². The number of esters is 1. The van der Waals surface area contributed by atoms with Crippen molar-refractivity contribution in [1.29, 1.82) is 0 Å². The molecule has 11 heteroatoms. The third kappa shape index (κ3) is 5.03. The zero-order chi connectivity index (χ0) is 24.3. The minimum atomic E-state index is -1.26. The molecule has 0 aromatic heterocycles. The van der Waals surface area contributed by atoms with Crippen LogP contribution in [0.3, 0.4) is 0 Å². The first-order valence-corrected chi connectivity index (χ1v) is 9.97. The molecule has 0 bridgehead atoms. The maximum absolute atomic E-state index is 13.9. The average molecular weight is 457 g/mol. The maximum atomic E-state index is 13.9. The maximum Gasteiger partial charge on any atom is 0.329 e. The quantitative estimate of drug-likeness (QED) is 0.279. The van der Waals surface area contributed by atoms with Gasteiger partial charge in [0, 0.05) is 12.1 Å². The van der Waals surface area contributed by atoms with Gasteiger partial charge in [0.2, 0.25) is 0 Å². The number of carbonyl (C=O) groups is 4. The van der Waals surface area contributed by atoms with Gasteiger partial charge in [-0.25, -0.2) is 9.18 Å². The van der Waals surface area contributed by atoms with Crippen molar-refractivity contribution in [2.24, 2.45) is 5.92 Å². The monoisotopic (exact) mass is 457 g/mol. The van der Waals surface area contributed by atoms with Crippen LogP contribution in [-0.2, 0) is 14.3 Å². The lowest BCUT2D eigenvalue weighted by Crippen LogP contribution is -2.46. The molecule has 0 aliphatic carbocycles. The topological polar surface area (TPSA) is 136 Å². The lowest BCUT2D eigenvalue weighted by Gasteiger charge is -2.25. The van der Waals surface area contributed by atoms with E-state index >= 15 is 0 Å². The summed E-state index contributed by atoms with van der Waals surface area (Å²) in [5, 5.41) is 12.9. The van der Waals surface area contributed by atoms with Crippen molar-refractivity contribution in [2.75, 3.05) is 11.9 Å². The Morgan fingerprint density at radius 2 is 1.73 bits per heavy atom. The van der Waals surface area contributed by atoms with Crippen LogP contribution in [0.5, 0.6) is 0 Å². The number of nitrogens with zero attached hydrogens (tertiary/aromatic N) is 2. The minimum absolute atomic E-state index is 0.0975. The molecule has 0 saturated carbocycles. The smallest absolute Gasteiger partial charge is 0.329 e. The van der Waals surface area contributed by atoms with Crippen LogP contribution in [0, 0.1) is 21.8 Å². The zero-order valence-corrected chi connectivity index (χ0v) is 17.7. The largest absolute Gasteiger partial charge is 0.454 e. The highest BCUT2D eigenvalue weighted by Gasteiger charge is 2.43. The summed E-state index contributed by atoms with van der Waals surface area (Å²) in [5.74, 6) is -4.22. The van der Waals surface area contributed by atoms with Gasteiger partial charge >= 0.3 is 5.97 Å². The number of imide groups is 1. The van der Waals surface area contributed by atoms with Crippen molar-refractivity contribution in [3.05, 3.63) is 69.5 Å². The molecule has 3 rings (SSSR count). The normalized spacial score (nSPS) is 13.6. The van der Waals surface area contributed by atoms with E-state index in [1.807, 2.05) is 0 Å². The van der Waals surface area contributed by atoms with E-state index in [2.05, 4.69) is 5.32 Å². The predicted molar refractivity (Wildman–Crippen MR) is 113 cm³/mol. The number of non-ortho nitro benzene ring substituents is 1. The summed E-state index contributed by atoms with van der Waals surface area (Å²) in [5.41, 5.74) is -0.554. The van der Waals surface area contributed by atoms with Crippen LogP contribution in [0.1, 0.15) is 41.0 Å². The number of nitrogens with one attached hydrogen (secondary N) is 1. The lowest BCUT2D eigenvalue weighted by atomic mass is 10.0. The summed E-state index contributed by atoms with van der Waals surface area (Å²) in [6, 6.07) is 7.48. The van der Waals surface area contributed by atoms with Gasteiger partial charge in [-0.2, -0.15) is 0 Å². The minimum Gasteiger partial charge on any atom is -0.454 e. The van der Waals surface area contributed by atoms with Crippen molar-refractivity contribution in [1.82, 2.24) is 4.90 Å². The first-order chi connectivity index (χ1) is 15.6. The van der Waals surface area contributed by atoms with Crippen LogP contribution in [0.2, 0.25) is 0 Å². The Bertz CT molecular complexity index is 1110. The second-order valence-electron chi connectivity index (χ2n) is 7.75. The van der Waals surface area contributed by atoms with E-state index in [4.69, 9.17) is 4.74 Å². The number of nitro benzene ring substituents is 1. The van der Waals surface area contributed by atoms with E-state index in [1.54, 1.807) is 26.0 Å². The van der Waals surface area contributed by atoms with Crippen LogP contribution >= 0.6 is 0 Å². The van der Waals surface area contributed by atoms with E-state index < -0.39 is 58.5 Å². The third-order valence-electron chi connectivity index (χ3n) is 4.88. The zero-order valence-electron chi connectivity index (χ0n) is 17.7. The van der Waals surface area contributed by atoms with Crippen molar-refractivity contribution >= 4 is 35.1 Å². The number of fused-ring (bicyclic) bond motifs is 1. The van der Waals surface area contributed by atoms with Gasteiger partial charge in [-0.15, -0.1) is 0 Å². The molecule has 1 heterocycles. The number of hydrogen-bond donors (Lipinski definition) is 1. The van der Waals surface area contributed by atoms with Gasteiger partial charge in [-0.05, 0) is 30.5 Å². The summed E-state index contributed by atoms with van der Waals surface area (Å²) in [6.07, 6.45) is 0.103. The molecule has 172 valence electrons. The van der Waals surface area contributed by atoms with Crippen LogP contribution in [0.25, 0.3) is 0 Å². The second-order valence-corrected chi connectivity index (χ2v) is 7.75. The number of halogens is 1. The van der Waals surface area contributed by atoms with Gasteiger partial charge in [0.25, 0.3) is 23.4 Å². The molecule has 10 nitrogen and oxygen atoms in total. The fraction of sp³-hybridized carbons (Fsp3) is 0.273. The number of nitro groups is 1. The molecule has 1 atom stereocenters. The van der Waals surface area contributed by atoms with Crippen molar-refractivity contribution in [2.45, 2.75) is 26.3 Å². The van der Waals surface area contributed by atoms with Gasteiger partial charge in [-0.3, -0.25) is 29.4 Å². The van der Waals surface area contributed by atoms with Crippen LogP contribution in [-0.4, -0.2) is 46.2 Å². The van der Waals surface area contributed by atoms with Gasteiger partial charge in [-0.1, -0.05) is 26.0 Å². The molecule has 0 fully saturated rings. The molecule has 1 aliphatic heterocycles. The molecule has 2 aromatic rings. The highest BCUT2D eigenvalue weighted by Crippen LogP contribution is 2.27. The summed E-state index contributed by atoms with van der Waals surface area (Å²) in [7, 11) is 0. The van der Waals surface area contributed by atoms with E-state index in [1.165, 1.54) is 12.1 Å². The fourth-order valence-corrected chi connectivity index (χ4v) is 3.39. The molecule has 33 heavy (non-hydrogen) atoms. The SMILES string of the molecule is CC(C)C[C@H](C(=O)OCC(=O)Nc1cc([N+](=O)[O-])ccc1F)N1C(=O)c2ccccc2C1=O. The molecule has 1 aliphatic rings. The Morgan fingerprint density at radius 1 is 1.12 bits per heavy atom. The van der Waals surface area contributed by atoms with E-state index in [9.17, 15) is 33.7 Å². The fourth-order valence-electron chi connectivity index (χ4n) is 3.39. The number of ether oxygens (including phenoxy) is 1. The van der Waals surface area contributed by atoms with Gasteiger partial charge < -0.3 is 10.1 Å². The first-order valence-electron chi connectivity index (χ1n) is 9.97. The first kappa shape index (κ1) is 23.5. The van der Waals surface area contributed by atoms with Gasteiger partial charge in [0.05, 0.1) is 21.7 Å². The van der Waals surface area contributed by atoms with Gasteiger partial charge in [0.15, 0.2) is 6.61 Å². The number of hydrogen-bond acceptors (Lipinski definition) is 7. The molecule has 1 N–H and O–H groups in total. The number of rotatable bonds is 8. The van der Waals surface area contributed by atoms with E-state index in [0.717, 1.165) is 23.1 Å². The summed E-state index contributed by atoms with van der Waals surface area (Å²) in [6.45, 7) is 2.73. The number of amides is 3. The Kier molecular flexibility index (Phi) is 6.80. The highest BCUT2D eigenvalue weighted by atomic mass is 19.1. The average Bonchev–Trinajstić information content (AvgIpc) is 3.02. The number of benzene rings is 2. The molecule has 3 amide bonds. The number of anilines is 1. The summed E-state index contributed by atoms with van der Waals surface area (Å²) in [4.78, 5) is 61.3. The molecule has 0 radical (unpaired) electrons. The third-order valence-corrected chi connectivity index (χ3v) is 4.88. The lowest BCUT2D eigenvalue weighted by molar-refractivity contribution is -0.384. The Balaban J connectivity index is 1.71. The molecule has 0 spiro atoms. The Morgan fingerprint density at radius 3 is 2.27 bits per heavy atom. The molecule has 2 aromatic carbocycles. The van der Waals surface area contributed by atoms with E-state index in [0.29, 0.717) is 0 Å². The van der Waals surface area contributed by atoms with Crippen molar-refractivity contribution in [3.8, 4) is 0 Å². The van der Waals surface area contributed by atoms with Crippen molar-refractivity contribution in [3.63, 3.8) is 0 Å². The second kappa shape index (κ2) is 9.55. The Labute approximate surface area is 187 Å². The Hall–Kier alpha value is -4.15. The predicted octanol–water partition coefficient (Wildman–Crippen LogP) is 2.93. The van der Waals surface area contributed by atoms with E-state index in [-0.39, 0.29) is 23.5 Å².